The molecule has 0 radical (unpaired) electrons. The van der Waals surface area contributed by atoms with Crippen LogP contribution >= 0.6 is 0 Å². The third kappa shape index (κ3) is 3.13. The van der Waals surface area contributed by atoms with E-state index in [1.807, 2.05) is 30.2 Å². The maximum absolute atomic E-state index is 12.7. The Hall–Kier alpha value is -3.09. The largest absolute Gasteiger partial charge is 0.338 e. The van der Waals surface area contributed by atoms with Gasteiger partial charge in [0.2, 0.25) is 0 Å². The normalized spacial score (nSPS) is 17.0. The van der Waals surface area contributed by atoms with E-state index in [0.717, 1.165) is 17.9 Å². The topological polar surface area (TPSA) is 76.8 Å². The molecule has 1 fully saturated rings. The molecule has 7 heteroatoms. The number of pyridine rings is 1. The molecule has 0 saturated carbocycles. The predicted octanol–water partition coefficient (Wildman–Crippen LogP) is 2.00. The summed E-state index contributed by atoms with van der Waals surface area (Å²) in [5.41, 5.74) is 1.54. The maximum atomic E-state index is 12.7. The molecule has 4 heterocycles. The van der Waals surface area contributed by atoms with Crippen LogP contribution in [-0.2, 0) is 0 Å². The minimum atomic E-state index is -0.00494. The number of rotatable bonds is 3. The van der Waals surface area contributed by atoms with Crippen LogP contribution in [0.2, 0.25) is 0 Å². The van der Waals surface area contributed by atoms with E-state index in [1.54, 1.807) is 35.4 Å². The Morgan fingerprint density at radius 2 is 2.12 bits per heavy atom. The molecule has 1 aliphatic heterocycles. The standard InChI is InChI=1S/C18H18N6O/c1-13-5-8-19-17(22-13)15-6-10-23(12-15)18(25)14-3-4-16(20-11-14)24-9-2-7-21-24/h2-5,7-9,11,15H,6,10,12H2,1H3. The van der Waals surface area contributed by atoms with Crippen molar-refractivity contribution >= 4 is 5.91 Å². The first kappa shape index (κ1) is 15.4. The molecule has 1 saturated heterocycles. The van der Waals surface area contributed by atoms with Gasteiger partial charge in [-0.05, 0) is 37.6 Å². The molecule has 4 rings (SSSR count). The number of amides is 1. The molecular formula is C18H18N6O. The van der Waals surface area contributed by atoms with E-state index in [-0.39, 0.29) is 11.8 Å². The number of aryl methyl sites for hydroxylation is 1. The van der Waals surface area contributed by atoms with Crippen LogP contribution in [-0.4, -0.2) is 48.6 Å². The zero-order valence-electron chi connectivity index (χ0n) is 13.9. The van der Waals surface area contributed by atoms with Gasteiger partial charge >= 0.3 is 0 Å². The summed E-state index contributed by atoms with van der Waals surface area (Å²) in [4.78, 5) is 27.7. The zero-order valence-corrected chi connectivity index (χ0v) is 13.9. The van der Waals surface area contributed by atoms with Crippen molar-refractivity contribution in [2.24, 2.45) is 0 Å². The monoisotopic (exact) mass is 334 g/mol. The zero-order chi connectivity index (χ0) is 17.2. The highest BCUT2D eigenvalue weighted by atomic mass is 16.2. The molecule has 3 aromatic heterocycles. The molecular weight excluding hydrogens is 316 g/mol. The lowest BCUT2D eigenvalue weighted by atomic mass is 10.1. The summed E-state index contributed by atoms with van der Waals surface area (Å²) in [5.74, 6) is 1.70. The second kappa shape index (κ2) is 6.43. The molecule has 126 valence electrons. The quantitative estimate of drug-likeness (QED) is 0.732. The van der Waals surface area contributed by atoms with E-state index >= 15 is 0 Å². The molecule has 3 aromatic rings. The van der Waals surface area contributed by atoms with Gasteiger partial charge in [-0.15, -0.1) is 0 Å². The average Bonchev–Trinajstić information content (AvgIpc) is 3.33. The maximum Gasteiger partial charge on any atom is 0.255 e. The van der Waals surface area contributed by atoms with Crippen LogP contribution in [0.4, 0.5) is 0 Å². The van der Waals surface area contributed by atoms with Gasteiger partial charge in [0.05, 0.1) is 5.56 Å². The number of hydrogen-bond acceptors (Lipinski definition) is 5. The van der Waals surface area contributed by atoms with Gasteiger partial charge in [-0.1, -0.05) is 0 Å². The van der Waals surface area contributed by atoms with Crippen LogP contribution in [0.15, 0.2) is 49.1 Å². The average molecular weight is 334 g/mol. The first-order valence-electron chi connectivity index (χ1n) is 8.25. The van der Waals surface area contributed by atoms with Crippen molar-refractivity contribution in [3.63, 3.8) is 0 Å². The van der Waals surface area contributed by atoms with E-state index in [1.165, 1.54) is 0 Å². The van der Waals surface area contributed by atoms with Crippen molar-refractivity contribution in [2.75, 3.05) is 13.1 Å². The number of nitrogens with zero attached hydrogens (tertiary/aromatic N) is 6. The first-order chi connectivity index (χ1) is 12.2. The van der Waals surface area contributed by atoms with Crippen molar-refractivity contribution in [3.8, 4) is 5.82 Å². The Morgan fingerprint density at radius 3 is 2.84 bits per heavy atom. The van der Waals surface area contributed by atoms with Gasteiger partial charge in [-0.25, -0.2) is 19.6 Å². The summed E-state index contributed by atoms with van der Waals surface area (Å²) in [6, 6.07) is 7.31. The lowest BCUT2D eigenvalue weighted by Gasteiger charge is -2.16. The van der Waals surface area contributed by atoms with Crippen molar-refractivity contribution in [1.29, 1.82) is 0 Å². The van der Waals surface area contributed by atoms with Gasteiger partial charge in [0.25, 0.3) is 5.91 Å². The molecule has 1 unspecified atom stereocenters. The Kier molecular flexibility index (Phi) is 3.97. The van der Waals surface area contributed by atoms with Gasteiger partial charge in [0.15, 0.2) is 5.82 Å². The molecule has 0 spiro atoms. The summed E-state index contributed by atoms with van der Waals surface area (Å²) < 4.78 is 1.66. The minimum Gasteiger partial charge on any atom is -0.338 e. The van der Waals surface area contributed by atoms with Crippen LogP contribution in [0.5, 0.6) is 0 Å². The van der Waals surface area contributed by atoms with Crippen LogP contribution in [0, 0.1) is 6.92 Å². The number of carbonyl (C=O) groups is 1. The summed E-state index contributed by atoms with van der Waals surface area (Å²) in [7, 11) is 0. The summed E-state index contributed by atoms with van der Waals surface area (Å²) in [6.07, 6.45) is 7.78. The highest BCUT2D eigenvalue weighted by Crippen LogP contribution is 2.25. The van der Waals surface area contributed by atoms with Gasteiger partial charge in [0.1, 0.15) is 5.82 Å². The van der Waals surface area contributed by atoms with Crippen LogP contribution in [0.1, 0.15) is 34.2 Å². The number of aromatic nitrogens is 5. The van der Waals surface area contributed by atoms with E-state index in [0.29, 0.717) is 24.5 Å². The molecule has 0 bridgehead atoms. The van der Waals surface area contributed by atoms with Crippen LogP contribution in [0.25, 0.3) is 5.82 Å². The molecule has 25 heavy (non-hydrogen) atoms. The molecule has 0 aromatic carbocycles. The van der Waals surface area contributed by atoms with Gasteiger partial charge < -0.3 is 4.90 Å². The minimum absolute atomic E-state index is 0.00494. The molecule has 1 amide bonds. The summed E-state index contributed by atoms with van der Waals surface area (Å²) in [6.45, 7) is 3.31. The molecule has 0 aliphatic carbocycles. The number of hydrogen-bond donors (Lipinski definition) is 0. The lowest BCUT2D eigenvalue weighted by Crippen LogP contribution is -2.28. The van der Waals surface area contributed by atoms with Crippen molar-refractivity contribution in [2.45, 2.75) is 19.3 Å². The fraction of sp³-hybridized carbons (Fsp3) is 0.278. The Morgan fingerprint density at radius 1 is 1.20 bits per heavy atom. The summed E-state index contributed by atoms with van der Waals surface area (Å²) >= 11 is 0. The fourth-order valence-electron chi connectivity index (χ4n) is 3.06. The van der Waals surface area contributed by atoms with E-state index < -0.39 is 0 Å². The Labute approximate surface area is 145 Å². The third-order valence-electron chi connectivity index (χ3n) is 4.39. The first-order valence-corrected chi connectivity index (χ1v) is 8.25. The van der Waals surface area contributed by atoms with Gasteiger partial charge in [-0.3, -0.25) is 4.79 Å². The molecule has 0 N–H and O–H groups in total. The van der Waals surface area contributed by atoms with E-state index in [9.17, 15) is 4.79 Å². The predicted molar refractivity (Wildman–Crippen MR) is 91.4 cm³/mol. The van der Waals surface area contributed by atoms with Crippen LogP contribution < -0.4 is 0 Å². The van der Waals surface area contributed by atoms with Crippen molar-refractivity contribution in [3.05, 3.63) is 66.1 Å². The van der Waals surface area contributed by atoms with E-state index in [2.05, 4.69) is 20.1 Å². The van der Waals surface area contributed by atoms with Gasteiger partial charge in [-0.2, -0.15) is 5.10 Å². The van der Waals surface area contributed by atoms with Gasteiger partial charge in [0, 0.05) is 49.5 Å². The Bertz CT molecular complexity index is 875. The molecule has 1 aliphatic rings. The lowest BCUT2D eigenvalue weighted by molar-refractivity contribution is 0.0790. The number of likely N-dealkylation sites (tertiary alicyclic amines) is 1. The van der Waals surface area contributed by atoms with Crippen molar-refractivity contribution < 1.29 is 4.79 Å². The molecule has 1 atom stereocenters. The second-order valence-corrected chi connectivity index (χ2v) is 6.15. The highest BCUT2D eigenvalue weighted by Gasteiger charge is 2.29. The SMILES string of the molecule is Cc1ccnc(C2CCN(C(=O)c3ccc(-n4cccn4)nc3)C2)n1. The number of carbonyl (C=O) groups excluding carboxylic acids is 1. The highest BCUT2D eigenvalue weighted by molar-refractivity contribution is 5.94. The van der Waals surface area contributed by atoms with Crippen LogP contribution in [0.3, 0.4) is 0 Å². The molecule has 7 nitrogen and oxygen atoms in total. The Balaban J connectivity index is 1.46. The summed E-state index contributed by atoms with van der Waals surface area (Å²) in [5, 5.41) is 4.13. The smallest absolute Gasteiger partial charge is 0.255 e. The third-order valence-corrected chi connectivity index (χ3v) is 4.39. The second-order valence-electron chi connectivity index (χ2n) is 6.15. The van der Waals surface area contributed by atoms with Crippen molar-refractivity contribution in [1.82, 2.24) is 29.6 Å². The van der Waals surface area contributed by atoms with E-state index in [4.69, 9.17) is 0 Å². The fourth-order valence-corrected chi connectivity index (χ4v) is 3.06.